The number of methoxy groups -OCH3 is 1. The minimum Gasteiger partial charge on any atom is -0.374 e. The SMILES string of the molecule is CO[C]1[CH][CH][CH][C]1C(=O)Nc1cccc2cccnc12.[CH]1[CH][CH][CH][CH]1.[Fe]. The number of ether oxygens (including phenoxy) is 1. The maximum atomic E-state index is 12.3. The Bertz CT molecular complexity index is 690. The number of rotatable bonds is 3. The monoisotopic (exact) mass is 386 g/mol. The van der Waals surface area contributed by atoms with Gasteiger partial charge in [0.1, 0.15) is 12.0 Å². The van der Waals surface area contributed by atoms with Crippen LogP contribution in [0.5, 0.6) is 0 Å². The molecule has 2 aliphatic carbocycles. The zero-order valence-corrected chi connectivity index (χ0v) is 15.3. The predicted octanol–water partition coefficient (Wildman–Crippen LogP) is 3.57. The van der Waals surface area contributed by atoms with Crippen molar-refractivity contribution >= 4 is 22.5 Å². The van der Waals surface area contributed by atoms with Crippen molar-refractivity contribution in [1.82, 2.24) is 4.98 Å². The molecule has 26 heavy (non-hydrogen) atoms. The molecule has 0 atom stereocenters. The topological polar surface area (TPSA) is 51.2 Å². The average Bonchev–Trinajstić information content (AvgIpc) is 3.36. The standard InChI is InChI=1S/C16H13N2O2.C5H5.Fe/c1-20-14-9-3-7-12(14)16(19)18-13-8-2-5-11-6-4-10-17-15(11)13;1-2-4-5-3-1;/h2-10H,1H3,(H,18,19);1-5H;. The predicted molar refractivity (Wildman–Crippen MR) is 98.3 cm³/mol. The molecule has 0 bridgehead atoms. The number of nitrogens with one attached hydrogen (secondary N) is 1. The van der Waals surface area contributed by atoms with Crippen molar-refractivity contribution in [1.29, 1.82) is 0 Å². The van der Waals surface area contributed by atoms with E-state index in [0.717, 1.165) is 10.9 Å². The number of amides is 1. The Balaban J connectivity index is 0.000000351. The van der Waals surface area contributed by atoms with Crippen LogP contribution in [-0.2, 0) is 26.6 Å². The van der Waals surface area contributed by atoms with Gasteiger partial charge in [-0.3, -0.25) is 9.78 Å². The van der Waals surface area contributed by atoms with E-state index in [1.165, 1.54) is 0 Å². The van der Waals surface area contributed by atoms with Crippen LogP contribution in [0.25, 0.3) is 10.9 Å². The maximum absolute atomic E-state index is 12.3. The molecule has 1 heterocycles. The minimum absolute atomic E-state index is 0. The van der Waals surface area contributed by atoms with Crippen LogP contribution in [0.1, 0.15) is 0 Å². The van der Waals surface area contributed by atoms with Crippen LogP contribution in [0.15, 0.2) is 36.5 Å². The number of pyridine rings is 1. The van der Waals surface area contributed by atoms with Gasteiger partial charge >= 0.3 is 0 Å². The van der Waals surface area contributed by atoms with Gasteiger partial charge in [0, 0.05) is 42.2 Å². The molecule has 4 rings (SSSR count). The summed E-state index contributed by atoms with van der Waals surface area (Å²) in [6, 6.07) is 9.51. The largest absolute Gasteiger partial charge is 0.374 e. The summed E-state index contributed by atoms with van der Waals surface area (Å²) < 4.78 is 5.16. The van der Waals surface area contributed by atoms with E-state index in [2.05, 4.69) is 10.3 Å². The van der Waals surface area contributed by atoms with Crippen molar-refractivity contribution in [2.75, 3.05) is 12.4 Å². The first kappa shape index (κ1) is 20.9. The van der Waals surface area contributed by atoms with Crippen molar-refractivity contribution in [3.05, 3.63) is 99.9 Å². The van der Waals surface area contributed by atoms with Gasteiger partial charge in [0.05, 0.1) is 11.2 Å². The van der Waals surface area contributed by atoms with Crippen LogP contribution in [0.2, 0.25) is 0 Å². The molecule has 1 amide bonds. The Morgan fingerprint density at radius 3 is 2.35 bits per heavy atom. The molecule has 0 unspecified atom stereocenters. The first-order chi connectivity index (χ1) is 12.3. The maximum Gasteiger partial charge on any atom is 0.235 e. The average molecular weight is 386 g/mol. The molecule has 1 N–H and O–H groups in total. The summed E-state index contributed by atoms with van der Waals surface area (Å²) in [6.45, 7) is 0. The first-order valence-corrected chi connectivity index (χ1v) is 7.91. The van der Waals surface area contributed by atoms with Crippen molar-refractivity contribution in [2.24, 2.45) is 0 Å². The third-order valence-electron chi connectivity index (χ3n) is 3.68. The van der Waals surface area contributed by atoms with Crippen molar-refractivity contribution < 1.29 is 26.6 Å². The second kappa shape index (κ2) is 10.7. The zero-order chi connectivity index (χ0) is 17.5. The fourth-order valence-corrected chi connectivity index (χ4v) is 2.48. The van der Waals surface area contributed by atoms with Crippen LogP contribution < -0.4 is 5.32 Å². The van der Waals surface area contributed by atoms with E-state index >= 15 is 0 Å². The number of nitrogens with zero attached hydrogens (tertiary/aromatic N) is 1. The molecule has 2 aliphatic rings. The van der Waals surface area contributed by atoms with E-state index < -0.39 is 0 Å². The number of benzene rings is 1. The number of aromatic nitrogens is 1. The van der Waals surface area contributed by atoms with E-state index in [1.807, 2.05) is 62.4 Å². The summed E-state index contributed by atoms with van der Waals surface area (Å²) in [7, 11) is 1.55. The molecular formula is C21H18FeN2O2. The summed E-state index contributed by atoms with van der Waals surface area (Å²) in [4.78, 5) is 16.6. The minimum atomic E-state index is -0.204. The molecule has 132 valence electrons. The molecule has 10 radical (unpaired) electrons. The first-order valence-electron chi connectivity index (χ1n) is 7.91. The van der Waals surface area contributed by atoms with E-state index in [-0.39, 0.29) is 23.0 Å². The van der Waals surface area contributed by atoms with Gasteiger partial charge in [0.25, 0.3) is 0 Å². The summed E-state index contributed by atoms with van der Waals surface area (Å²) in [6.07, 6.45) is 17.6. The number of hydrogen-bond acceptors (Lipinski definition) is 3. The van der Waals surface area contributed by atoms with Gasteiger partial charge in [0.2, 0.25) is 5.91 Å². The zero-order valence-electron chi connectivity index (χ0n) is 14.2. The van der Waals surface area contributed by atoms with Crippen LogP contribution >= 0.6 is 0 Å². The van der Waals surface area contributed by atoms with Gasteiger partial charge in [-0.05, 0) is 57.1 Å². The molecule has 2 saturated carbocycles. The van der Waals surface area contributed by atoms with E-state index in [4.69, 9.17) is 4.74 Å². The fraction of sp³-hybridized carbons (Fsp3) is 0.0476. The Hall–Kier alpha value is -1.42. The van der Waals surface area contributed by atoms with Gasteiger partial charge in [-0.15, -0.1) is 0 Å². The van der Waals surface area contributed by atoms with Gasteiger partial charge in [-0.2, -0.15) is 0 Å². The van der Waals surface area contributed by atoms with E-state index in [1.54, 1.807) is 32.6 Å². The van der Waals surface area contributed by atoms with Crippen molar-refractivity contribution in [3.8, 4) is 0 Å². The normalized spacial score (nSPS) is 17.4. The second-order valence-corrected chi connectivity index (χ2v) is 5.30. The summed E-state index contributed by atoms with van der Waals surface area (Å²) in [5, 5.41) is 3.87. The summed E-state index contributed by atoms with van der Waals surface area (Å²) in [5.41, 5.74) is 1.46. The van der Waals surface area contributed by atoms with E-state index in [0.29, 0.717) is 17.7 Å². The Morgan fingerprint density at radius 1 is 0.962 bits per heavy atom. The molecule has 1 aromatic carbocycles. The molecule has 5 heteroatoms. The Kier molecular flexibility index (Phi) is 8.56. The molecule has 0 saturated heterocycles. The van der Waals surface area contributed by atoms with Crippen LogP contribution in [-0.4, -0.2) is 18.0 Å². The van der Waals surface area contributed by atoms with Gasteiger partial charge in [-0.1, -0.05) is 18.2 Å². The van der Waals surface area contributed by atoms with Crippen LogP contribution in [0.4, 0.5) is 5.69 Å². The molecule has 1 aromatic heterocycles. The quantitative estimate of drug-likeness (QED) is 0.821. The molecule has 0 spiro atoms. The smallest absolute Gasteiger partial charge is 0.235 e. The third-order valence-corrected chi connectivity index (χ3v) is 3.68. The Morgan fingerprint density at radius 2 is 1.65 bits per heavy atom. The molecule has 0 aliphatic heterocycles. The second-order valence-electron chi connectivity index (χ2n) is 5.30. The van der Waals surface area contributed by atoms with Crippen molar-refractivity contribution in [3.63, 3.8) is 0 Å². The van der Waals surface area contributed by atoms with Crippen LogP contribution in [0, 0.1) is 63.4 Å². The van der Waals surface area contributed by atoms with Crippen molar-refractivity contribution in [2.45, 2.75) is 0 Å². The molecular weight excluding hydrogens is 368 g/mol. The number of para-hydroxylation sites is 1. The fourth-order valence-electron chi connectivity index (χ4n) is 2.48. The number of anilines is 1. The number of hydrogen-bond donors (Lipinski definition) is 1. The number of carbonyl (C=O) groups excluding carboxylic acids is 1. The Labute approximate surface area is 166 Å². The van der Waals surface area contributed by atoms with Gasteiger partial charge in [-0.25, -0.2) is 0 Å². The molecule has 4 nitrogen and oxygen atoms in total. The van der Waals surface area contributed by atoms with Gasteiger partial charge in [0.15, 0.2) is 0 Å². The number of carbonyl (C=O) groups is 1. The summed E-state index contributed by atoms with van der Waals surface area (Å²) >= 11 is 0. The molecule has 2 fully saturated rings. The number of fused-ring (bicyclic) bond motifs is 1. The van der Waals surface area contributed by atoms with Gasteiger partial charge < -0.3 is 10.1 Å². The third kappa shape index (κ3) is 5.29. The van der Waals surface area contributed by atoms with Crippen LogP contribution in [0.3, 0.4) is 0 Å². The van der Waals surface area contributed by atoms with E-state index in [9.17, 15) is 4.79 Å². The molecule has 2 aromatic rings. The summed E-state index contributed by atoms with van der Waals surface area (Å²) in [5.74, 6) is 0.311.